The minimum atomic E-state index is -1.09. The number of nitrogens with zero attached hydrogens (tertiary/aromatic N) is 1. The van der Waals surface area contributed by atoms with E-state index in [1.165, 1.54) is 0 Å². The smallest absolute Gasteiger partial charge is 0.323 e. The van der Waals surface area contributed by atoms with Gasteiger partial charge in [0.15, 0.2) is 0 Å². The Labute approximate surface area is 118 Å². The second kappa shape index (κ2) is 5.85. The first-order valence-electron chi connectivity index (χ1n) is 5.25. The summed E-state index contributed by atoms with van der Waals surface area (Å²) in [5, 5.41) is 8.69. The van der Waals surface area contributed by atoms with Gasteiger partial charge in [-0.15, -0.1) is 0 Å². The fraction of sp³-hybridized carbons (Fsp3) is 0.0833. The van der Waals surface area contributed by atoms with E-state index in [1.54, 1.807) is 36.6 Å². The van der Waals surface area contributed by atoms with Crippen molar-refractivity contribution in [2.45, 2.75) is 0 Å². The zero-order valence-corrected chi connectivity index (χ0v) is 11.2. The summed E-state index contributed by atoms with van der Waals surface area (Å²) in [6.45, 7) is -0.413. The number of hydrogen-bond acceptors (Lipinski definition) is 5. The van der Waals surface area contributed by atoms with Crippen LogP contribution in [0.15, 0.2) is 39.9 Å². The van der Waals surface area contributed by atoms with Gasteiger partial charge in [0.25, 0.3) is 5.91 Å². The zero-order chi connectivity index (χ0) is 13.8. The first kappa shape index (κ1) is 13.6. The van der Waals surface area contributed by atoms with Gasteiger partial charge in [-0.3, -0.25) is 14.5 Å². The van der Waals surface area contributed by atoms with Crippen LogP contribution in [-0.4, -0.2) is 32.7 Å². The van der Waals surface area contributed by atoms with E-state index in [0.29, 0.717) is 10.7 Å². The summed E-state index contributed by atoms with van der Waals surface area (Å²) in [7, 11) is 0. The average Bonchev–Trinajstić information content (AvgIpc) is 2.94. The molecule has 0 unspecified atom stereocenters. The molecule has 0 aromatic carbocycles. The van der Waals surface area contributed by atoms with E-state index in [9.17, 15) is 9.59 Å². The van der Waals surface area contributed by atoms with Crippen LogP contribution in [0.25, 0.3) is 6.08 Å². The number of carboxylic acid groups (broad SMARTS) is 1. The highest BCUT2D eigenvalue weighted by Crippen LogP contribution is 2.30. The molecule has 5 nitrogen and oxygen atoms in total. The molecule has 98 valence electrons. The Bertz CT molecular complexity index is 575. The van der Waals surface area contributed by atoms with Crippen molar-refractivity contribution in [3.05, 3.63) is 41.2 Å². The molecule has 2 rings (SSSR count). The largest absolute Gasteiger partial charge is 0.480 e. The van der Waals surface area contributed by atoms with Gasteiger partial charge < -0.3 is 9.52 Å². The number of carboxylic acids is 1. The van der Waals surface area contributed by atoms with Crippen LogP contribution in [0, 0.1) is 0 Å². The SMILES string of the molecule is O=C(O)CN1C(=O)/C(=C/C=C/c2ccco2)SC1=S. The molecule has 19 heavy (non-hydrogen) atoms. The summed E-state index contributed by atoms with van der Waals surface area (Å²) >= 11 is 6.05. The standard InChI is InChI=1S/C12H9NO4S2/c14-10(15)7-13-11(16)9(19-12(13)18)5-1-3-8-4-2-6-17-8/h1-6H,7H2,(H,14,15)/b3-1+,9-5-. The highest BCUT2D eigenvalue weighted by Gasteiger charge is 2.32. The molecule has 1 amide bonds. The Balaban J connectivity index is 2.08. The van der Waals surface area contributed by atoms with Gasteiger partial charge in [0.05, 0.1) is 11.2 Å². The lowest BCUT2D eigenvalue weighted by molar-refractivity contribution is -0.140. The lowest BCUT2D eigenvalue weighted by Gasteiger charge is -2.09. The van der Waals surface area contributed by atoms with E-state index in [2.05, 4.69) is 0 Å². The van der Waals surface area contributed by atoms with Gasteiger partial charge in [0, 0.05) is 0 Å². The van der Waals surface area contributed by atoms with Crippen molar-refractivity contribution >= 4 is 46.3 Å². The van der Waals surface area contributed by atoms with E-state index in [0.717, 1.165) is 16.7 Å². The summed E-state index contributed by atoms with van der Waals surface area (Å²) in [6.07, 6.45) is 6.49. The number of amides is 1. The third kappa shape index (κ3) is 3.33. The van der Waals surface area contributed by atoms with Crippen molar-refractivity contribution in [1.29, 1.82) is 0 Å². The number of rotatable bonds is 4. The van der Waals surface area contributed by atoms with E-state index >= 15 is 0 Å². The second-order valence-electron chi connectivity index (χ2n) is 3.56. The number of furan rings is 1. The molecule has 2 heterocycles. The Kier molecular flexibility index (Phi) is 4.18. The third-order valence-corrected chi connectivity index (χ3v) is 3.61. The Morgan fingerprint density at radius 3 is 3.00 bits per heavy atom. The summed E-state index contributed by atoms with van der Waals surface area (Å²) < 4.78 is 5.35. The molecule has 1 N–H and O–H groups in total. The van der Waals surface area contributed by atoms with Gasteiger partial charge in [-0.25, -0.2) is 0 Å². The van der Waals surface area contributed by atoms with E-state index in [4.69, 9.17) is 21.7 Å². The Morgan fingerprint density at radius 1 is 1.58 bits per heavy atom. The molecule has 1 saturated heterocycles. The average molecular weight is 295 g/mol. The summed E-state index contributed by atoms with van der Waals surface area (Å²) in [4.78, 5) is 23.9. The van der Waals surface area contributed by atoms with Crippen molar-refractivity contribution < 1.29 is 19.1 Å². The zero-order valence-electron chi connectivity index (χ0n) is 9.61. The molecule has 0 atom stereocenters. The van der Waals surface area contributed by atoms with Crippen LogP contribution < -0.4 is 0 Å². The van der Waals surface area contributed by atoms with Gasteiger partial charge in [0.1, 0.15) is 16.6 Å². The maximum atomic E-state index is 11.9. The fourth-order valence-electron chi connectivity index (χ4n) is 1.40. The van der Waals surface area contributed by atoms with Gasteiger partial charge >= 0.3 is 5.97 Å². The quantitative estimate of drug-likeness (QED) is 0.677. The number of thiocarbonyl (C=S) groups is 1. The summed E-state index contributed by atoms with van der Waals surface area (Å²) in [5.41, 5.74) is 0. The number of carbonyl (C=O) groups excluding carboxylic acids is 1. The van der Waals surface area contributed by atoms with Crippen LogP contribution in [0.2, 0.25) is 0 Å². The van der Waals surface area contributed by atoms with Crippen molar-refractivity contribution in [1.82, 2.24) is 4.90 Å². The van der Waals surface area contributed by atoms with Gasteiger partial charge in [-0.05, 0) is 24.3 Å². The van der Waals surface area contributed by atoms with Crippen molar-refractivity contribution in [3.63, 3.8) is 0 Å². The van der Waals surface area contributed by atoms with Gasteiger partial charge in [-0.2, -0.15) is 0 Å². The lowest BCUT2D eigenvalue weighted by atomic mass is 10.3. The highest BCUT2D eigenvalue weighted by molar-refractivity contribution is 8.26. The van der Waals surface area contributed by atoms with Crippen molar-refractivity contribution in [2.24, 2.45) is 0 Å². The topological polar surface area (TPSA) is 70.8 Å². The summed E-state index contributed by atoms with van der Waals surface area (Å²) in [6, 6.07) is 3.53. The van der Waals surface area contributed by atoms with Crippen LogP contribution >= 0.6 is 24.0 Å². The molecular formula is C12H9NO4S2. The molecule has 1 aromatic heterocycles. The van der Waals surface area contributed by atoms with Crippen LogP contribution in [0.5, 0.6) is 0 Å². The maximum absolute atomic E-state index is 11.9. The molecule has 1 aliphatic heterocycles. The predicted octanol–water partition coefficient (Wildman–Crippen LogP) is 2.12. The molecule has 7 heteroatoms. The van der Waals surface area contributed by atoms with Crippen LogP contribution in [0.3, 0.4) is 0 Å². The lowest BCUT2D eigenvalue weighted by Crippen LogP contribution is -2.33. The van der Waals surface area contributed by atoms with Gasteiger partial charge in [-0.1, -0.05) is 30.1 Å². The number of hydrogen-bond donors (Lipinski definition) is 1. The third-order valence-electron chi connectivity index (χ3n) is 2.22. The number of allylic oxidation sites excluding steroid dienone is 2. The molecular weight excluding hydrogens is 286 g/mol. The van der Waals surface area contributed by atoms with E-state index < -0.39 is 12.5 Å². The van der Waals surface area contributed by atoms with Crippen LogP contribution in [0.4, 0.5) is 0 Å². The first-order chi connectivity index (χ1) is 9.08. The number of thioether (sulfide) groups is 1. The van der Waals surface area contributed by atoms with Crippen molar-refractivity contribution in [2.75, 3.05) is 6.54 Å². The summed E-state index contributed by atoms with van der Waals surface area (Å²) in [5.74, 6) is -0.817. The maximum Gasteiger partial charge on any atom is 0.323 e. The van der Waals surface area contributed by atoms with Crippen molar-refractivity contribution in [3.8, 4) is 0 Å². The molecule has 0 radical (unpaired) electrons. The predicted molar refractivity (Wildman–Crippen MR) is 75.4 cm³/mol. The molecule has 0 aliphatic carbocycles. The van der Waals surface area contributed by atoms with E-state index in [1.807, 2.05) is 0 Å². The molecule has 0 saturated carbocycles. The second-order valence-corrected chi connectivity index (χ2v) is 5.23. The van der Waals surface area contributed by atoms with Crippen LogP contribution in [-0.2, 0) is 9.59 Å². The number of aliphatic carboxylic acids is 1. The first-order valence-corrected chi connectivity index (χ1v) is 6.48. The van der Waals surface area contributed by atoms with Crippen LogP contribution in [0.1, 0.15) is 5.76 Å². The highest BCUT2D eigenvalue weighted by atomic mass is 32.2. The normalized spacial score (nSPS) is 17.9. The van der Waals surface area contributed by atoms with Gasteiger partial charge in [0.2, 0.25) is 0 Å². The minimum Gasteiger partial charge on any atom is -0.480 e. The van der Waals surface area contributed by atoms with E-state index in [-0.39, 0.29) is 10.2 Å². The minimum absolute atomic E-state index is 0.255. The Morgan fingerprint density at radius 2 is 2.37 bits per heavy atom. The molecule has 1 aliphatic rings. The molecule has 1 aromatic rings. The molecule has 0 bridgehead atoms. The number of carbonyl (C=O) groups is 2. The Hall–Kier alpha value is -1.86. The molecule has 1 fully saturated rings. The fourth-order valence-corrected chi connectivity index (χ4v) is 2.61. The molecule has 0 spiro atoms. The monoisotopic (exact) mass is 295 g/mol.